The van der Waals surface area contributed by atoms with Crippen LogP contribution in [0.1, 0.15) is 19.8 Å². The van der Waals surface area contributed by atoms with Gasteiger partial charge in [-0.25, -0.2) is 0 Å². The summed E-state index contributed by atoms with van der Waals surface area (Å²) in [6.45, 7) is 9.65. The van der Waals surface area contributed by atoms with Gasteiger partial charge in [0.1, 0.15) is 0 Å². The Morgan fingerprint density at radius 3 is 2.82 bits per heavy atom. The van der Waals surface area contributed by atoms with Crippen LogP contribution >= 0.6 is 11.8 Å². The molecule has 4 heteroatoms. The van der Waals surface area contributed by atoms with E-state index in [2.05, 4.69) is 40.8 Å². The summed E-state index contributed by atoms with van der Waals surface area (Å²) in [5, 5.41) is 4.23. The second-order valence-corrected chi connectivity index (χ2v) is 6.84. The van der Waals surface area contributed by atoms with E-state index in [4.69, 9.17) is 0 Å². The number of thioether (sulfide) groups is 1. The first-order chi connectivity index (χ1) is 8.27. The maximum atomic E-state index is 3.41. The van der Waals surface area contributed by atoms with Gasteiger partial charge < -0.3 is 10.2 Å². The number of hydrogen-bond donors (Lipinski definition) is 1. The monoisotopic (exact) mass is 257 g/mol. The zero-order valence-electron chi connectivity index (χ0n) is 11.3. The molecule has 0 saturated carbocycles. The van der Waals surface area contributed by atoms with Crippen molar-refractivity contribution in [2.75, 3.05) is 52.1 Å². The van der Waals surface area contributed by atoms with E-state index in [0.717, 1.165) is 11.3 Å². The molecule has 0 amide bonds. The fraction of sp³-hybridized carbons (Fsp3) is 1.00. The highest BCUT2D eigenvalue weighted by molar-refractivity contribution is 7.99. The van der Waals surface area contributed by atoms with Crippen molar-refractivity contribution < 1.29 is 0 Å². The molecule has 0 aliphatic carbocycles. The molecule has 2 fully saturated rings. The van der Waals surface area contributed by atoms with Gasteiger partial charge in [-0.05, 0) is 25.6 Å². The second-order valence-electron chi connectivity index (χ2n) is 5.36. The molecule has 0 aromatic heterocycles. The minimum absolute atomic E-state index is 0.802. The van der Waals surface area contributed by atoms with Gasteiger partial charge >= 0.3 is 0 Å². The highest BCUT2D eigenvalue weighted by atomic mass is 32.2. The van der Waals surface area contributed by atoms with Crippen LogP contribution in [0.5, 0.6) is 0 Å². The molecule has 17 heavy (non-hydrogen) atoms. The number of nitrogens with zero attached hydrogens (tertiary/aromatic N) is 2. The van der Waals surface area contributed by atoms with Gasteiger partial charge in [0.25, 0.3) is 0 Å². The Morgan fingerprint density at radius 1 is 1.35 bits per heavy atom. The van der Waals surface area contributed by atoms with E-state index >= 15 is 0 Å². The molecule has 0 bridgehead atoms. The summed E-state index contributed by atoms with van der Waals surface area (Å²) >= 11 is 2.15. The highest BCUT2D eigenvalue weighted by Crippen LogP contribution is 2.28. The van der Waals surface area contributed by atoms with Crippen molar-refractivity contribution in [3.8, 4) is 0 Å². The van der Waals surface area contributed by atoms with Gasteiger partial charge in [0, 0.05) is 50.6 Å². The summed E-state index contributed by atoms with van der Waals surface area (Å²) in [5.74, 6) is 1.36. The Labute approximate surface area is 110 Å². The molecule has 0 radical (unpaired) electrons. The maximum absolute atomic E-state index is 3.41. The molecule has 2 rings (SSSR count). The van der Waals surface area contributed by atoms with Crippen molar-refractivity contribution in [2.45, 2.75) is 31.1 Å². The minimum atomic E-state index is 0.802. The minimum Gasteiger partial charge on any atom is -0.314 e. The fourth-order valence-electron chi connectivity index (χ4n) is 2.89. The van der Waals surface area contributed by atoms with Crippen LogP contribution in [0, 0.1) is 0 Å². The molecule has 2 aliphatic rings. The summed E-state index contributed by atoms with van der Waals surface area (Å²) in [7, 11) is 2.31. The maximum Gasteiger partial charge on any atom is 0.0209 e. The third kappa shape index (κ3) is 4.12. The van der Waals surface area contributed by atoms with Crippen LogP contribution in [0.4, 0.5) is 0 Å². The molecule has 2 atom stereocenters. The van der Waals surface area contributed by atoms with Crippen LogP contribution in [-0.4, -0.2) is 73.2 Å². The van der Waals surface area contributed by atoms with Gasteiger partial charge in [-0.15, -0.1) is 0 Å². The Balaban J connectivity index is 1.70. The van der Waals surface area contributed by atoms with Crippen molar-refractivity contribution >= 4 is 11.8 Å². The highest BCUT2D eigenvalue weighted by Gasteiger charge is 2.25. The van der Waals surface area contributed by atoms with E-state index in [1.807, 2.05) is 0 Å². The molecule has 1 N–H and O–H groups in total. The summed E-state index contributed by atoms with van der Waals surface area (Å²) in [6, 6.07) is 0.802. The van der Waals surface area contributed by atoms with E-state index in [0.29, 0.717) is 0 Å². The van der Waals surface area contributed by atoms with Crippen molar-refractivity contribution in [1.82, 2.24) is 15.1 Å². The van der Waals surface area contributed by atoms with E-state index in [1.54, 1.807) is 0 Å². The molecule has 0 spiro atoms. The summed E-state index contributed by atoms with van der Waals surface area (Å²) < 4.78 is 0. The number of hydrogen-bond acceptors (Lipinski definition) is 4. The lowest BCUT2D eigenvalue weighted by atomic mass is 10.1. The predicted octanol–water partition coefficient (Wildman–Crippen LogP) is 1.11. The largest absolute Gasteiger partial charge is 0.314 e. The smallest absolute Gasteiger partial charge is 0.0209 e. The second kappa shape index (κ2) is 6.98. The lowest BCUT2D eigenvalue weighted by molar-refractivity contribution is 0.169. The molecule has 2 heterocycles. The van der Waals surface area contributed by atoms with Gasteiger partial charge in [-0.1, -0.05) is 6.92 Å². The van der Waals surface area contributed by atoms with Gasteiger partial charge in [-0.2, -0.15) is 11.8 Å². The number of likely N-dealkylation sites (N-methyl/N-ethyl adjacent to an activating group) is 1. The first-order valence-electron chi connectivity index (χ1n) is 7.02. The summed E-state index contributed by atoms with van der Waals surface area (Å²) in [6.07, 6.45) is 2.80. The Morgan fingerprint density at radius 2 is 2.12 bits per heavy atom. The zero-order chi connectivity index (χ0) is 12.1. The molecule has 2 unspecified atom stereocenters. The van der Waals surface area contributed by atoms with Crippen molar-refractivity contribution in [3.05, 3.63) is 0 Å². The molecule has 3 nitrogen and oxygen atoms in total. The van der Waals surface area contributed by atoms with Gasteiger partial charge in [0.2, 0.25) is 0 Å². The summed E-state index contributed by atoms with van der Waals surface area (Å²) in [5.41, 5.74) is 0. The zero-order valence-corrected chi connectivity index (χ0v) is 12.1. The molecule has 100 valence electrons. The standard InChI is InChI=1S/C13H27N3S/c1-12-13(4-3-11-17-12)15(2)9-10-16-7-5-14-6-8-16/h12-14H,3-11H2,1-2H3. The molecular weight excluding hydrogens is 230 g/mol. The molecule has 0 aromatic carbocycles. The van der Waals surface area contributed by atoms with Crippen LogP contribution in [0.15, 0.2) is 0 Å². The predicted molar refractivity (Wildman–Crippen MR) is 76.9 cm³/mol. The van der Waals surface area contributed by atoms with Crippen molar-refractivity contribution in [1.29, 1.82) is 0 Å². The average Bonchev–Trinajstić information content (AvgIpc) is 2.38. The van der Waals surface area contributed by atoms with Crippen LogP contribution in [0.2, 0.25) is 0 Å². The number of nitrogens with one attached hydrogen (secondary N) is 1. The SMILES string of the molecule is CC1SCCCC1N(C)CCN1CCNCC1. The lowest BCUT2D eigenvalue weighted by Gasteiger charge is -2.37. The van der Waals surface area contributed by atoms with Crippen LogP contribution in [-0.2, 0) is 0 Å². The number of piperazine rings is 1. The van der Waals surface area contributed by atoms with Gasteiger partial charge in [0.15, 0.2) is 0 Å². The average molecular weight is 257 g/mol. The van der Waals surface area contributed by atoms with Crippen molar-refractivity contribution in [3.63, 3.8) is 0 Å². The van der Waals surface area contributed by atoms with E-state index in [1.165, 1.54) is 57.9 Å². The van der Waals surface area contributed by atoms with E-state index < -0.39 is 0 Å². The fourth-order valence-corrected chi connectivity index (χ4v) is 4.16. The Bertz CT molecular complexity index is 219. The topological polar surface area (TPSA) is 18.5 Å². The third-order valence-corrected chi connectivity index (χ3v) is 5.48. The van der Waals surface area contributed by atoms with Crippen LogP contribution in [0.25, 0.3) is 0 Å². The molecule has 2 aliphatic heterocycles. The first-order valence-corrected chi connectivity index (χ1v) is 8.07. The van der Waals surface area contributed by atoms with E-state index in [9.17, 15) is 0 Å². The van der Waals surface area contributed by atoms with Crippen LogP contribution in [0.3, 0.4) is 0 Å². The molecule has 0 aromatic rings. The van der Waals surface area contributed by atoms with Gasteiger partial charge in [0.05, 0.1) is 0 Å². The number of rotatable bonds is 4. The molecular formula is C13H27N3S. The van der Waals surface area contributed by atoms with Crippen LogP contribution < -0.4 is 5.32 Å². The third-order valence-electron chi connectivity index (χ3n) is 4.11. The first kappa shape index (κ1) is 13.7. The van der Waals surface area contributed by atoms with E-state index in [-0.39, 0.29) is 0 Å². The van der Waals surface area contributed by atoms with Gasteiger partial charge in [-0.3, -0.25) is 4.90 Å². The van der Waals surface area contributed by atoms with Crippen molar-refractivity contribution in [2.24, 2.45) is 0 Å². The normalized spacial score (nSPS) is 31.9. The quantitative estimate of drug-likeness (QED) is 0.813. The lowest BCUT2D eigenvalue weighted by Crippen LogP contribution is -2.48. The summed E-state index contributed by atoms with van der Waals surface area (Å²) in [4.78, 5) is 5.19. The molecule has 2 saturated heterocycles. The Kier molecular flexibility index (Phi) is 5.60. The Hall–Kier alpha value is 0.230.